The molecule has 0 radical (unpaired) electrons. The Morgan fingerprint density at radius 1 is 1.08 bits per heavy atom. The molecule has 0 aliphatic heterocycles. The van der Waals surface area contributed by atoms with Crippen molar-refractivity contribution in [1.82, 2.24) is 14.4 Å². The number of nitrogens with zero attached hydrogens (tertiary/aromatic N) is 3. The van der Waals surface area contributed by atoms with Gasteiger partial charge < -0.3 is 4.52 Å². The van der Waals surface area contributed by atoms with Crippen LogP contribution in [0.3, 0.4) is 0 Å². The summed E-state index contributed by atoms with van der Waals surface area (Å²) in [6.45, 7) is 3.58. The van der Waals surface area contributed by atoms with Crippen molar-refractivity contribution in [2.75, 3.05) is 0 Å². The van der Waals surface area contributed by atoms with Gasteiger partial charge in [0.15, 0.2) is 0 Å². The minimum atomic E-state index is -3.72. The fourth-order valence-electron chi connectivity index (χ4n) is 2.44. The van der Waals surface area contributed by atoms with Gasteiger partial charge in [-0.2, -0.15) is 9.29 Å². The van der Waals surface area contributed by atoms with Crippen molar-refractivity contribution >= 4 is 21.6 Å². The third kappa shape index (κ3) is 3.95. The van der Waals surface area contributed by atoms with Crippen LogP contribution in [0, 0.1) is 0 Å². The maximum Gasteiger partial charge on any atom is 0.243 e. The van der Waals surface area contributed by atoms with Crippen LogP contribution in [0.5, 0.6) is 0 Å². The monoisotopic (exact) mass is 391 g/mol. The summed E-state index contributed by atoms with van der Waals surface area (Å²) < 4.78 is 32.5. The van der Waals surface area contributed by atoms with E-state index in [2.05, 4.69) is 10.1 Å². The number of sulfonamides is 1. The second-order valence-corrected chi connectivity index (χ2v) is 8.30. The Balaban J connectivity index is 1.88. The molecular weight excluding hydrogens is 374 g/mol. The summed E-state index contributed by atoms with van der Waals surface area (Å²) in [6, 6.07) is 15.1. The molecule has 0 bridgehead atoms. The number of aromatic nitrogens is 2. The minimum absolute atomic E-state index is 0.0114. The lowest BCUT2D eigenvalue weighted by Crippen LogP contribution is -2.36. The normalized spacial score (nSPS) is 12.0. The van der Waals surface area contributed by atoms with E-state index in [9.17, 15) is 8.42 Å². The number of halogens is 1. The van der Waals surface area contributed by atoms with E-state index in [1.165, 1.54) is 16.4 Å². The van der Waals surface area contributed by atoms with Crippen molar-refractivity contribution in [2.45, 2.75) is 31.3 Å². The van der Waals surface area contributed by atoms with Gasteiger partial charge in [0.1, 0.15) is 0 Å². The zero-order valence-corrected chi connectivity index (χ0v) is 15.9. The molecule has 2 aromatic carbocycles. The number of rotatable bonds is 6. The Kier molecular flexibility index (Phi) is 5.41. The van der Waals surface area contributed by atoms with Gasteiger partial charge in [0, 0.05) is 16.6 Å². The van der Waals surface area contributed by atoms with Crippen LogP contribution in [-0.4, -0.2) is 28.9 Å². The van der Waals surface area contributed by atoms with Gasteiger partial charge in [-0.25, -0.2) is 8.42 Å². The van der Waals surface area contributed by atoms with E-state index >= 15 is 0 Å². The zero-order valence-electron chi connectivity index (χ0n) is 14.3. The highest BCUT2D eigenvalue weighted by molar-refractivity contribution is 7.89. The lowest BCUT2D eigenvalue weighted by molar-refractivity contribution is 0.286. The van der Waals surface area contributed by atoms with E-state index in [1.54, 1.807) is 26.0 Å². The van der Waals surface area contributed by atoms with Gasteiger partial charge in [-0.3, -0.25) is 0 Å². The van der Waals surface area contributed by atoms with Gasteiger partial charge in [-0.05, 0) is 38.1 Å². The van der Waals surface area contributed by atoms with Crippen LogP contribution < -0.4 is 0 Å². The van der Waals surface area contributed by atoms with E-state index in [1.807, 2.05) is 30.3 Å². The first-order valence-corrected chi connectivity index (χ1v) is 9.85. The molecule has 136 valence electrons. The van der Waals surface area contributed by atoms with E-state index < -0.39 is 10.0 Å². The van der Waals surface area contributed by atoms with Gasteiger partial charge >= 0.3 is 0 Å². The summed E-state index contributed by atoms with van der Waals surface area (Å²) in [5.74, 6) is 0.656. The Bertz CT molecular complexity index is 970. The smallest absolute Gasteiger partial charge is 0.243 e. The van der Waals surface area contributed by atoms with E-state index in [-0.39, 0.29) is 23.4 Å². The van der Waals surface area contributed by atoms with Crippen LogP contribution in [0.4, 0.5) is 0 Å². The first-order chi connectivity index (χ1) is 12.4. The summed E-state index contributed by atoms with van der Waals surface area (Å²) >= 11 is 5.85. The second kappa shape index (κ2) is 7.57. The van der Waals surface area contributed by atoms with E-state index in [4.69, 9.17) is 16.1 Å². The van der Waals surface area contributed by atoms with Crippen molar-refractivity contribution in [3.63, 3.8) is 0 Å². The third-order valence-electron chi connectivity index (χ3n) is 3.79. The van der Waals surface area contributed by atoms with Crippen molar-refractivity contribution in [3.8, 4) is 11.4 Å². The molecule has 1 heterocycles. The molecule has 0 fully saturated rings. The van der Waals surface area contributed by atoms with Crippen LogP contribution in [0.1, 0.15) is 19.7 Å². The highest BCUT2D eigenvalue weighted by atomic mass is 35.5. The van der Waals surface area contributed by atoms with Gasteiger partial charge in [-0.15, -0.1) is 0 Å². The van der Waals surface area contributed by atoms with Crippen LogP contribution in [0.25, 0.3) is 11.4 Å². The average molecular weight is 392 g/mol. The maximum absolute atomic E-state index is 13.0. The minimum Gasteiger partial charge on any atom is -0.338 e. The molecule has 0 N–H and O–H groups in total. The summed E-state index contributed by atoms with van der Waals surface area (Å²) in [4.78, 5) is 4.48. The molecule has 0 unspecified atom stereocenters. The van der Waals surface area contributed by atoms with Gasteiger partial charge in [-0.1, -0.05) is 47.1 Å². The fraction of sp³-hybridized carbons (Fsp3) is 0.222. The molecule has 8 heteroatoms. The molecular formula is C18H18ClN3O3S. The van der Waals surface area contributed by atoms with Crippen molar-refractivity contribution in [2.24, 2.45) is 0 Å². The van der Waals surface area contributed by atoms with Crippen molar-refractivity contribution in [3.05, 3.63) is 65.5 Å². The lowest BCUT2D eigenvalue weighted by atomic mass is 10.2. The first kappa shape index (κ1) is 18.6. The molecule has 6 nitrogen and oxygen atoms in total. The molecule has 0 aliphatic rings. The van der Waals surface area contributed by atoms with Crippen LogP contribution in [0.15, 0.2) is 64.0 Å². The Hall–Kier alpha value is -2.22. The summed E-state index contributed by atoms with van der Waals surface area (Å²) in [6.07, 6.45) is 0. The second-order valence-electron chi connectivity index (χ2n) is 5.98. The van der Waals surface area contributed by atoms with Crippen LogP contribution in [-0.2, 0) is 16.6 Å². The highest BCUT2D eigenvalue weighted by Crippen LogP contribution is 2.23. The molecule has 0 amide bonds. The summed E-state index contributed by atoms with van der Waals surface area (Å²) in [5.41, 5.74) is 0.805. The Morgan fingerprint density at radius 3 is 2.35 bits per heavy atom. The van der Waals surface area contributed by atoms with Crippen molar-refractivity contribution < 1.29 is 12.9 Å². The third-order valence-corrected chi connectivity index (χ3v) is 6.08. The van der Waals surface area contributed by atoms with Gasteiger partial charge in [0.2, 0.25) is 21.7 Å². The van der Waals surface area contributed by atoms with E-state index in [0.717, 1.165) is 5.56 Å². The molecule has 26 heavy (non-hydrogen) atoms. The molecule has 0 aliphatic carbocycles. The number of benzene rings is 2. The number of hydrogen-bond acceptors (Lipinski definition) is 5. The molecule has 1 aromatic heterocycles. The van der Waals surface area contributed by atoms with E-state index in [0.29, 0.717) is 10.8 Å². The molecule has 3 rings (SSSR count). The maximum atomic E-state index is 13.0. The Morgan fingerprint density at radius 2 is 1.73 bits per heavy atom. The van der Waals surface area contributed by atoms with Crippen LogP contribution in [0.2, 0.25) is 5.02 Å². The first-order valence-electron chi connectivity index (χ1n) is 8.03. The van der Waals surface area contributed by atoms with Gasteiger partial charge in [0.25, 0.3) is 0 Å². The van der Waals surface area contributed by atoms with Crippen LogP contribution >= 0.6 is 11.6 Å². The molecule has 0 spiro atoms. The summed E-state index contributed by atoms with van der Waals surface area (Å²) in [5, 5.41) is 4.42. The quantitative estimate of drug-likeness (QED) is 0.635. The zero-order chi connectivity index (χ0) is 18.7. The molecule has 0 saturated heterocycles. The fourth-order valence-corrected chi connectivity index (χ4v) is 4.16. The lowest BCUT2D eigenvalue weighted by Gasteiger charge is -2.24. The average Bonchev–Trinajstić information content (AvgIpc) is 3.09. The standard InChI is InChI=1S/C18H18ClN3O3S/c1-13(2)22(26(23,24)16-10-8-15(19)9-11-16)12-17-20-18(21-25-17)14-6-4-3-5-7-14/h3-11,13H,12H2,1-2H3. The van der Waals surface area contributed by atoms with Gasteiger partial charge in [0.05, 0.1) is 11.4 Å². The molecule has 0 saturated carbocycles. The predicted molar refractivity (Wildman–Crippen MR) is 99.1 cm³/mol. The predicted octanol–water partition coefficient (Wildman–Crippen LogP) is 3.99. The van der Waals surface area contributed by atoms with Crippen molar-refractivity contribution in [1.29, 1.82) is 0 Å². The number of hydrogen-bond donors (Lipinski definition) is 0. The molecule has 3 aromatic rings. The Labute approximate surface area is 157 Å². The topological polar surface area (TPSA) is 76.3 Å². The summed E-state index contributed by atoms with van der Waals surface area (Å²) in [7, 11) is -3.72. The highest BCUT2D eigenvalue weighted by Gasteiger charge is 2.29. The SMILES string of the molecule is CC(C)N(Cc1nc(-c2ccccc2)no1)S(=O)(=O)c1ccc(Cl)cc1. The molecule has 0 atom stereocenters. The largest absolute Gasteiger partial charge is 0.338 e.